The first-order chi connectivity index (χ1) is 6.85. The van der Waals surface area contributed by atoms with E-state index in [0.717, 1.165) is 32.6 Å². The predicted octanol–water partition coefficient (Wildman–Crippen LogP) is 2.75. The van der Waals surface area contributed by atoms with E-state index in [2.05, 4.69) is 25.7 Å². The largest absolute Gasteiger partial charge is 0.380 e. The summed E-state index contributed by atoms with van der Waals surface area (Å²) in [4.78, 5) is 0. The quantitative estimate of drug-likeness (QED) is 0.431. The highest BCUT2D eigenvalue weighted by Gasteiger charge is 2.00. The third-order valence-electron chi connectivity index (χ3n) is 2.36. The van der Waals surface area contributed by atoms with E-state index in [-0.39, 0.29) is 0 Å². The molecule has 0 rings (SSSR count). The maximum Gasteiger partial charge on any atom is 0.0591 e. The number of unbranched alkanes of at least 4 members (excludes halogenated alkanes) is 1. The first-order valence-electron chi connectivity index (χ1n) is 5.77. The molecule has 0 saturated carbocycles. The smallest absolute Gasteiger partial charge is 0.0591 e. The zero-order valence-corrected chi connectivity index (χ0v) is 9.72. The minimum absolute atomic E-state index is 0.659. The number of nitrogens with one attached hydrogen (secondary N) is 1. The molecule has 0 aromatic carbocycles. The zero-order valence-electron chi connectivity index (χ0n) is 9.72. The topological polar surface area (TPSA) is 21.3 Å². The second-order valence-electron chi connectivity index (χ2n) is 3.51. The Bertz CT molecular complexity index is 121. The molecule has 0 atom stereocenters. The van der Waals surface area contributed by atoms with Gasteiger partial charge in [-0.15, -0.1) is 6.58 Å². The third kappa shape index (κ3) is 8.27. The van der Waals surface area contributed by atoms with Crippen molar-refractivity contribution in [3.05, 3.63) is 12.7 Å². The first-order valence-corrected chi connectivity index (χ1v) is 5.77. The van der Waals surface area contributed by atoms with Gasteiger partial charge >= 0.3 is 0 Å². The van der Waals surface area contributed by atoms with E-state index >= 15 is 0 Å². The van der Waals surface area contributed by atoms with Crippen molar-refractivity contribution in [3.63, 3.8) is 0 Å². The van der Waals surface area contributed by atoms with Crippen LogP contribution in [-0.4, -0.2) is 25.8 Å². The van der Waals surface area contributed by atoms with Crippen molar-refractivity contribution in [1.82, 2.24) is 5.32 Å². The minimum Gasteiger partial charge on any atom is -0.380 e. The molecule has 0 fully saturated rings. The molecule has 84 valence electrons. The van der Waals surface area contributed by atoms with Crippen LogP contribution in [0.2, 0.25) is 0 Å². The van der Waals surface area contributed by atoms with Crippen LogP contribution in [0.25, 0.3) is 0 Å². The zero-order chi connectivity index (χ0) is 10.6. The molecule has 0 spiro atoms. The van der Waals surface area contributed by atoms with Gasteiger partial charge in [-0.05, 0) is 25.7 Å². The van der Waals surface area contributed by atoms with Gasteiger partial charge in [0.2, 0.25) is 0 Å². The van der Waals surface area contributed by atoms with E-state index in [4.69, 9.17) is 4.74 Å². The van der Waals surface area contributed by atoms with Crippen molar-refractivity contribution >= 4 is 0 Å². The van der Waals surface area contributed by atoms with Crippen molar-refractivity contribution < 1.29 is 4.74 Å². The van der Waals surface area contributed by atoms with Gasteiger partial charge in [0.25, 0.3) is 0 Å². The Morgan fingerprint density at radius 3 is 2.57 bits per heavy atom. The van der Waals surface area contributed by atoms with Crippen molar-refractivity contribution in [3.8, 4) is 0 Å². The Morgan fingerprint density at radius 1 is 1.29 bits per heavy atom. The molecule has 0 radical (unpaired) electrons. The van der Waals surface area contributed by atoms with Gasteiger partial charge in [-0.25, -0.2) is 0 Å². The van der Waals surface area contributed by atoms with Gasteiger partial charge in [-0.3, -0.25) is 0 Å². The third-order valence-corrected chi connectivity index (χ3v) is 2.36. The Balaban J connectivity index is 3.08. The van der Waals surface area contributed by atoms with E-state index in [1.54, 1.807) is 0 Å². The standard InChI is InChI=1S/C12H25NO/c1-4-7-8-10-14-11-9-13-12(5-2)6-3/h4,12-13H,1,5-11H2,2-3H3. The lowest BCUT2D eigenvalue weighted by Gasteiger charge is -2.14. The predicted molar refractivity (Wildman–Crippen MR) is 62.6 cm³/mol. The summed E-state index contributed by atoms with van der Waals surface area (Å²) < 4.78 is 5.46. The molecule has 0 bridgehead atoms. The Kier molecular flexibility index (Phi) is 10.5. The second-order valence-corrected chi connectivity index (χ2v) is 3.51. The van der Waals surface area contributed by atoms with Crippen LogP contribution < -0.4 is 5.32 Å². The number of rotatable bonds is 10. The molecular weight excluding hydrogens is 174 g/mol. The van der Waals surface area contributed by atoms with Crippen LogP contribution in [-0.2, 0) is 4.74 Å². The molecule has 0 saturated heterocycles. The summed E-state index contributed by atoms with van der Waals surface area (Å²) in [6.07, 6.45) is 6.49. The first kappa shape index (κ1) is 13.7. The van der Waals surface area contributed by atoms with Crippen LogP contribution in [0.15, 0.2) is 12.7 Å². The maximum absolute atomic E-state index is 5.46. The van der Waals surface area contributed by atoms with Crippen LogP contribution in [0.4, 0.5) is 0 Å². The van der Waals surface area contributed by atoms with Crippen LogP contribution in [0, 0.1) is 0 Å². The molecule has 0 heterocycles. The normalized spacial score (nSPS) is 10.8. The molecule has 0 aliphatic rings. The average molecular weight is 199 g/mol. The van der Waals surface area contributed by atoms with Crippen LogP contribution >= 0.6 is 0 Å². The summed E-state index contributed by atoms with van der Waals surface area (Å²) in [5.41, 5.74) is 0. The molecule has 0 aliphatic carbocycles. The van der Waals surface area contributed by atoms with Crippen LogP contribution in [0.5, 0.6) is 0 Å². The fraction of sp³-hybridized carbons (Fsp3) is 0.833. The lowest BCUT2D eigenvalue weighted by molar-refractivity contribution is 0.131. The number of hydrogen-bond acceptors (Lipinski definition) is 2. The van der Waals surface area contributed by atoms with E-state index in [1.807, 2.05) is 6.08 Å². The number of hydrogen-bond donors (Lipinski definition) is 1. The van der Waals surface area contributed by atoms with Crippen LogP contribution in [0.3, 0.4) is 0 Å². The van der Waals surface area contributed by atoms with E-state index < -0.39 is 0 Å². The van der Waals surface area contributed by atoms with Gasteiger partial charge in [-0.2, -0.15) is 0 Å². The fourth-order valence-corrected chi connectivity index (χ4v) is 1.34. The number of allylic oxidation sites excluding steroid dienone is 1. The highest BCUT2D eigenvalue weighted by Crippen LogP contribution is 1.95. The second kappa shape index (κ2) is 10.7. The lowest BCUT2D eigenvalue weighted by Crippen LogP contribution is -2.30. The summed E-state index contributed by atoms with van der Waals surface area (Å²) >= 11 is 0. The van der Waals surface area contributed by atoms with Gasteiger partial charge in [0.1, 0.15) is 0 Å². The summed E-state index contributed by atoms with van der Waals surface area (Å²) in [6.45, 7) is 10.8. The Hall–Kier alpha value is -0.340. The van der Waals surface area contributed by atoms with Crippen molar-refractivity contribution in [2.75, 3.05) is 19.8 Å². The monoisotopic (exact) mass is 199 g/mol. The molecule has 0 amide bonds. The van der Waals surface area contributed by atoms with Gasteiger partial charge in [-0.1, -0.05) is 19.9 Å². The lowest BCUT2D eigenvalue weighted by atomic mass is 10.2. The summed E-state index contributed by atoms with van der Waals surface area (Å²) in [5.74, 6) is 0. The summed E-state index contributed by atoms with van der Waals surface area (Å²) in [5, 5.41) is 3.46. The number of ether oxygens (including phenoxy) is 1. The van der Waals surface area contributed by atoms with Gasteiger partial charge in [0.15, 0.2) is 0 Å². The van der Waals surface area contributed by atoms with E-state index in [0.29, 0.717) is 6.04 Å². The summed E-state index contributed by atoms with van der Waals surface area (Å²) in [6, 6.07) is 0.659. The molecule has 0 aromatic rings. The Labute approximate surface area is 88.7 Å². The van der Waals surface area contributed by atoms with Gasteiger partial charge in [0.05, 0.1) is 6.61 Å². The molecule has 14 heavy (non-hydrogen) atoms. The highest BCUT2D eigenvalue weighted by atomic mass is 16.5. The molecule has 2 heteroatoms. The Morgan fingerprint density at radius 2 is 2.00 bits per heavy atom. The van der Waals surface area contributed by atoms with Gasteiger partial charge < -0.3 is 10.1 Å². The van der Waals surface area contributed by atoms with E-state index in [1.165, 1.54) is 12.8 Å². The molecule has 0 aliphatic heterocycles. The molecular formula is C12H25NO. The minimum atomic E-state index is 0.659. The van der Waals surface area contributed by atoms with Crippen molar-refractivity contribution in [2.24, 2.45) is 0 Å². The molecule has 1 N–H and O–H groups in total. The highest BCUT2D eigenvalue weighted by molar-refractivity contribution is 4.65. The molecule has 0 aromatic heterocycles. The SMILES string of the molecule is C=CCCCOCCNC(CC)CC. The maximum atomic E-state index is 5.46. The van der Waals surface area contributed by atoms with Gasteiger partial charge in [0, 0.05) is 19.2 Å². The van der Waals surface area contributed by atoms with Crippen molar-refractivity contribution in [1.29, 1.82) is 0 Å². The van der Waals surface area contributed by atoms with Crippen LogP contribution in [0.1, 0.15) is 39.5 Å². The molecule has 0 unspecified atom stereocenters. The average Bonchev–Trinajstić information content (AvgIpc) is 2.22. The summed E-state index contributed by atoms with van der Waals surface area (Å²) in [7, 11) is 0. The van der Waals surface area contributed by atoms with Crippen molar-refractivity contribution in [2.45, 2.75) is 45.6 Å². The van der Waals surface area contributed by atoms with E-state index in [9.17, 15) is 0 Å². The molecule has 2 nitrogen and oxygen atoms in total. The fourth-order valence-electron chi connectivity index (χ4n) is 1.34.